The molecule has 1 aromatic carbocycles. The third-order valence-corrected chi connectivity index (χ3v) is 2.77. The molecule has 1 aliphatic rings. The van der Waals surface area contributed by atoms with Crippen molar-refractivity contribution in [2.45, 2.75) is 19.4 Å². The Labute approximate surface area is 98.6 Å². The maximum Gasteiger partial charge on any atom is 0.325 e. The van der Waals surface area contributed by atoms with Crippen LogP contribution in [-0.2, 0) is 25.5 Å². The van der Waals surface area contributed by atoms with Crippen molar-refractivity contribution in [3.05, 3.63) is 35.9 Å². The summed E-state index contributed by atoms with van der Waals surface area (Å²) < 4.78 is 4.94. The second-order valence-corrected chi connectivity index (χ2v) is 4.06. The van der Waals surface area contributed by atoms with E-state index in [2.05, 4.69) is 0 Å². The van der Waals surface area contributed by atoms with Crippen LogP contribution in [0.4, 0.5) is 0 Å². The highest BCUT2D eigenvalue weighted by Crippen LogP contribution is 2.21. The van der Waals surface area contributed by atoms with Gasteiger partial charge < -0.3 is 4.74 Å². The number of cyclic esters (lactones) is 1. The first-order valence-electron chi connectivity index (χ1n) is 5.38. The van der Waals surface area contributed by atoms with Crippen molar-refractivity contribution in [1.29, 1.82) is 0 Å². The van der Waals surface area contributed by atoms with Crippen molar-refractivity contribution < 1.29 is 19.1 Å². The molecule has 1 fully saturated rings. The van der Waals surface area contributed by atoms with Crippen LogP contribution in [0.15, 0.2) is 30.3 Å². The number of hydrogen-bond acceptors (Lipinski definition) is 4. The molecule has 4 heteroatoms. The van der Waals surface area contributed by atoms with Crippen LogP contribution >= 0.6 is 0 Å². The molecule has 2 atom stereocenters. The standard InChI is InChI=1S/C13H12O4/c1-8(14)11-12(15)10(17-13(11)16)7-9-5-3-2-4-6-9/h2-6,10-11H,7H2,1H3. The first-order valence-corrected chi connectivity index (χ1v) is 5.38. The minimum absolute atomic E-state index is 0.329. The molecule has 2 unspecified atom stereocenters. The van der Waals surface area contributed by atoms with Gasteiger partial charge in [0, 0.05) is 6.42 Å². The lowest BCUT2D eigenvalue weighted by atomic mass is 9.96. The molecular weight excluding hydrogens is 220 g/mol. The number of esters is 1. The predicted molar refractivity (Wildman–Crippen MR) is 59.2 cm³/mol. The molecule has 2 rings (SSSR count). The number of ether oxygens (including phenoxy) is 1. The van der Waals surface area contributed by atoms with Crippen LogP contribution < -0.4 is 0 Å². The van der Waals surface area contributed by atoms with Crippen molar-refractivity contribution in [2.75, 3.05) is 0 Å². The summed E-state index contributed by atoms with van der Waals surface area (Å²) in [5, 5.41) is 0. The molecule has 0 N–H and O–H groups in total. The smallest absolute Gasteiger partial charge is 0.325 e. The predicted octanol–water partition coefficient (Wildman–Crippen LogP) is 0.929. The summed E-state index contributed by atoms with van der Waals surface area (Å²) in [4.78, 5) is 34.3. The summed E-state index contributed by atoms with van der Waals surface area (Å²) in [6.07, 6.45) is -0.492. The molecule has 0 spiro atoms. The van der Waals surface area contributed by atoms with Crippen molar-refractivity contribution in [3.63, 3.8) is 0 Å². The highest BCUT2D eigenvalue weighted by Gasteiger charge is 2.45. The molecule has 1 aliphatic heterocycles. The van der Waals surface area contributed by atoms with E-state index >= 15 is 0 Å². The number of rotatable bonds is 3. The van der Waals surface area contributed by atoms with E-state index in [0.717, 1.165) is 5.56 Å². The van der Waals surface area contributed by atoms with E-state index in [0.29, 0.717) is 6.42 Å². The van der Waals surface area contributed by atoms with Crippen molar-refractivity contribution in [2.24, 2.45) is 5.92 Å². The van der Waals surface area contributed by atoms with Gasteiger partial charge in [0.05, 0.1) is 0 Å². The molecule has 1 heterocycles. The normalized spacial score (nSPS) is 23.6. The van der Waals surface area contributed by atoms with Gasteiger partial charge in [-0.2, -0.15) is 0 Å². The second kappa shape index (κ2) is 4.49. The minimum atomic E-state index is -1.22. The number of carbonyl (C=O) groups excluding carboxylic acids is 3. The van der Waals surface area contributed by atoms with Crippen LogP contribution in [0, 0.1) is 5.92 Å². The third kappa shape index (κ3) is 2.25. The van der Waals surface area contributed by atoms with Gasteiger partial charge in [0.2, 0.25) is 0 Å². The summed E-state index contributed by atoms with van der Waals surface area (Å²) in [7, 11) is 0. The van der Waals surface area contributed by atoms with E-state index in [1.165, 1.54) is 6.92 Å². The fraction of sp³-hybridized carbons (Fsp3) is 0.308. The summed E-state index contributed by atoms with van der Waals surface area (Å²) in [5.74, 6) is -2.81. The third-order valence-electron chi connectivity index (χ3n) is 2.77. The van der Waals surface area contributed by atoms with Crippen LogP contribution in [0.1, 0.15) is 12.5 Å². The first kappa shape index (κ1) is 11.5. The van der Waals surface area contributed by atoms with Crippen molar-refractivity contribution >= 4 is 17.5 Å². The highest BCUT2D eigenvalue weighted by atomic mass is 16.6. The Morgan fingerprint density at radius 3 is 2.41 bits per heavy atom. The van der Waals surface area contributed by atoms with Gasteiger partial charge in [-0.25, -0.2) is 0 Å². The maximum absolute atomic E-state index is 11.8. The van der Waals surface area contributed by atoms with Gasteiger partial charge in [-0.15, -0.1) is 0 Å². The van der Waals surface area contributed by atoms with Gasteiger partial charge in [0.15, 0.2) is 23.6 Å². The van der Waals surface area contributed by atoms with E-state index in [-0.39, 0.29) is 0 Å². The zero-order valence-electron chi connectivity index (χ0n) is 9.38. The van der Waals surface area contributed by atoms with Crippen LogP contribution in [0.2, 0.25) is 0 Å². The fourth-order valence-corrected chi connectivity index (χ4v) is 1.91. The zero-order chi connectivity index (χ0) is 12.4. The Bertz CT molecular complexity index is 464. The Morgan fingerprint density at radius 1 is 1.24 bits per heavy atom. The lowest BCUT2D eigenvalue weighted by molar-refractivity contribution is -0.146. The molecule has 1 saturated heterocycles. The monoisotopic (exact) mass is 232 g/mol. The molecule has 17 heavy (non-hydrogen) atoms. The second-order valence-electron chi connectivity index (χ2n) is 4.06. The largest absolute Gasteiger partial charge is 0.453 e. The molecule has 0 amide bonds. The maximum atomic E-state index is 11.8. The number of ketones is 2. The molecule has 0 aromatic heterocycles. The van der Waals surface area contributed by atoms with Crippen LogP contribution in [0.25, 0.3) is 0 Å². The van der Waals surface area contributed by atoms with Crippen LogP contribution in [0.5, 0.6) is 0 Å². The van der Waals surface area contributed by atoms with Gasteiger partial charge in [-0.05, 0) is 12.5 Å². The molecule has 1 aromatic rings. The molecule has 0 bridgehead atoms. The quantitative estimate of drug-likeness (QED) is 0.574. The molecule has 0 saturated carbocycles. The van der Waals surface area contributed by atoms with Gasteiger partial charge in [0.1, 0.15) is 0 Å². The van der Waals surface area contributed by atoms with Crippen LogP contribution in [-0.4, -0.2) is 23.6 Å². The van der Waals surface area contributed by atoms with Gasteiger partial charge in [-0.1, -0.05) is 30.3 Å². The van der Waals surface area contributed by atoms with Gasteiger partial charge in [0.25, 0.3) is 0 Å². The SMILES string of the molecule is CC(=O)C1C(=O)OC(Cc2ccccc2)C1=O. The molecular formula is C13H12O4. The molecule has 4 nitrogen and oxygen atoms in total. The summed E-state index contributed by atoms with van der Waals surface area (Å²) in [5.41, 5.74) is 0.905. The van der Waals surface area contributed by atoms with E-state index in [1.807, 2.05) is 30.3 Å². The molecule has 88 valence electrons. The fourth-order valence-electron chi connectivity index (χ4n) is 1.91. The Hall–Kier alpha value is -1.97. The van der Waals surface area contributed by atoms with Crippen molar-refractivity contribution in [3.8, 4) is 0 Å². The summed E-state index contributed by atoms with van der Waals surface area (Å²) in [6, 6.07) is 9.26. The number of Topliss-reactive ketones (excluding diaryl/α,β-unsaturated/α-hetero) is 2. The van der Waals surface area contributed by atoms with Crippen LogP contribution in [0.3, 0.4) is 0 Å². The van der Waals surface area contributed by atoms with Gasteiger partial charge >= 0.3 is 5.97 Å². The van der Waals surface area contributed by atoms with Gasteiger partial charge in [-0.3, -0.25) is 14.4 Å². The Balaban J connectivity index is 2.12. The number of benzene rings is 1. The topological polar surface area (TPSA) is 60.4 Å². The molecule has 0 radical (unpaired) electrons. The molecule has 0 aliphatic carbocycles. The average Bonchev–Trinajstić information content (AvgIpc) is 2.55. The van der Waals surface area contributed by atoms with E-state index < -0.39 is 29.6 Å². The number of hydrogen-bond donors (Lipinski definition) is 0. The van der Waals surface area contributed by atoms with Crippen molar-refractivity contribution in [1.82, 2.24) is 0 Å². The minimum Gasteiger partial charge on any atom is -0.453 e. The van der Waals surface area contributed by atoms with E-state index in [4.69, 9.17) is 4.74 Å². The summed E-state index contributed by atoms with van der Waals surface area (Å²) in [6.45, 7) is 1.23. The Morgan fingerprint density at radius 2 is 1.88 bits per heavy atom. The van der Waals surface area contributed by atoms with E-state index in [1.54, 1.807) is 0 Å². The first-order chi connectivity index (χ1) is 8.09. The summed E-state index contributed by atoms with van der Waals surface area (Å²) >= 11 is 0. The number of carbonyl (C=O) groups is 3. The lowest BCUT2D eigenvalue weighted by Crippen LogP contribution is -2.27. The average molecular weight is 232 g/mol. The lowest BCUT2D eigenvalue weighted by Gasteiger charge is -2.07. The van der Waals surface area contributed by atoms with E-state index in [9.17, 15) is 14.4 Å². The highest BCUT2D eigenvalue weighted by molar-refractivity contribution is 6.21. The zero-order valence-corrected chi connectivity index (χ0v) is 9.38. The Kier molecular flexibility index (Phi) is 3.04.